The Morgan fingerprint density at radius 3 is 1.33 bits per heavy atom. The van der Waals surface area contributed by atoms with E-state index < -0.39 is 23.6 Å². The van der Waals surface area contributed by atoms with Crippen LogP contribution in [0.1, 0.15) is 110 Å². The summed E-state index contributed by atoms with van der Waals surface area (Å²) in [5, 5.41) is 0. The zero-order valence-electron chi connectivity index (χ0n) is 33.1. The number of hydrogen-bond donors (Lipinski definition) is 0. The fraction of sp³-hybridized carbons (Fsp3) is 0.292. The molecule has 0 saturated heterocycles. The number of unbranched alkanes of at least 4 members (excludes halogenated alkanes) is 8. The molecule has 0 atom stereocenters. The second-order valence-electron chi connectivity index (χ2n) is 13.8. The van der Waals surface area contributed by atoms with E-state index in [1.54, 1.807) is 61.0 Å². The molecule has 0 amide bonds. The number of rotatable bonds is 22. The van der Waals surface area contributed by atoms with E-state index in [1.807, 2.05) is 24.3 Å². The lowest BCUT2D eigenvalue weighted by molar-refractivity contribution is 0.0724. The first-order valence-corrected chi connectivity index (χ1v) is 20.0. The summed E-state index contributed by atoms with van der Waals surface area (Å²) in [5.41, 5.74) is 3.13. The summed E-state index contributed by atoms with van der Waals surface area (Å²) < 4.78 is 51.1. The molecule has 58 heavy (non-hydrogen) atoms. The topological polar surface area (TPSA) is 95.8 Å². The average Bonchev–Trinajstić information content (AvgIpc) is 3.24. The number of halogens is 2. The second-order valence-corrected chi connectivity index (χ2v) is 13.8. The van der Waals surface area contributed by atoms with E-state index in [2.05, 4.69) is 23.8 Å². The van der Waals surface area contributed by atoms with Gasteiger partial charge >= 0.3 is 11.9 Å². The molecule has 10 heteroatoms. The summed E-state index contributed by atoms with van der Waals surface area (Å²) in [6.45, 7) is 5.16. The first-order chi connectivity index (χ1) is 28.3. The van der Waals surface area contributed by atoms with Crippen molar-refractivity contribution in [3.63, 3.8) is 0 Å². The Hall–Kier alpha value is -6.16. The molecule has 0 fully saturated rings. The van der Waals surface area contributed by atoms with E-state index in [4.69, 9.17) is 18.9 Å². The van der Waals surface area contributed by atoms with Crippen molar-refractivity contribution in [1.82, 2.24) is 0 Å². The fourth-order valence-electron chi connectivity index (χ4n) is 5.82. The highest BCUT2D eigenvalue weighted by Crippen LogP contribution is 2.24. The fourth-order valence-corrected chi connectivity index (χ4v) is 5.82. The molecular weight excluding hydrogens is 739 g/mol. The lowest BCUT2D eigenvalue weighted by atomic mass is 10.1. The van der Waals surface area contributed by atoms with Crippen LogP contribution >= 0.6 is 0 Å². The maximum absolute atomic E-state index is 14.6. The minimum atomic E-state index is -0.677. The number of carbonyl (C=O) groups is 2. The van der Waals surface area contributed by atoms with E-state index in [0.717, 1.165) is 74.6 Å². The van der Waals surface area contributed by atoms with Gasteiger partial charge in [0, 0.05) is 12.4 Å². The second kappa shape index (κ2) is 23.2. The first kappa shape index (κ1) is 43.0. The van der Waals surface area contributed by atoms with Gasteiger partial charge in [0.05, 0.1) is 35.7 Å². The molecule has 0 aromatic heterocycles. The molecule has 0 N–H and O–H groups in total. The van der Waals surface area contributed by atoms with Crippen LogP contribution < -0.4 is 18.9 Å². The van der Waals surface area contributed by atoms with Gasteiger partial charge in [-0.3, -0.25) is 9.98 Å². The monoisotopic (exact) mass is 788 g/mol. The first-order valence-electron chi connectivity index (χ1n) is 20.0. The largest absolute Gasteiger partial charge is 0.491 e. The highest BCUT2D eigenvalue weighted by Gasteiger charge is 2.15. The summed E-state index contributed by atoms with van der Waals surface area (Å²) in [7, 11) is 0. The van der Waals surface area contributed by atoms with E-state index in [9.17, 15) is 18.4 Å². The Labute approximate surface area is 339 Å². The number of aliphatic imine (C=N–C) groups is 2. The van der Waals surface area contributed by atoms with Crippen LogP contribution in [-0.2, 0) is 0 Å². The number of carbonyl (C=O) groups excluding carboxylic acids is 2. The van der Waals surface area contributed by atoms with Crippen molar-refractivity contribution in [3.8, 4) is 23.0 Å². The van der Waals surface area contributed by atoms with Crippen LogP contribution in [0.4, 0.5) is 20.2 Å². The molecule has 5 aromatic carbocycles. The molecule has 0 saturated carbocycles. The molecule has 302 valence electrons. The van der Waals surface area contributed by atoms with Crippen LogP contribution in [0.15, 0.2) is 119 Å². The van der Waals surface area contributed by atoms with Crippen molar-refractivity contribution in [3.05, 3.63) is 143 Å². The van der Waals surface area contributed by atoms with Crippen molar-refractivity contribution >= 4 is 35.7 Å². The molecule has 8 nitrogen and oxygen atoms in total. The Bertz CT molecular complexity index is 1990. The minimum Gasteiger partial charge on any atom is -0.491 e. The summed E-state index contributed by atoms with van der Waals surface area (Å²) in [6.07, 6.45) is 14.1. The van der Waals surface area contributed by atoms with E-state index >= 15 is 0 Å². The van der Waals surface area contributed by atoms with Gasteiger partial charge in [-0.25, -0.2) is 18.4 Å². The van der Waals surface area contributed by atoms with Crippen LogP contribution in [0, 0.1) is 11.6 Å². The Balaban J connectivity index is 1.07. The summed E-state index contributed by atoms with van der Waals surface area (Å²) >= 11 is 0. The third-order valence-electron chi connectivity index (χ3n) is 9.08. The number of nitrogens with zero attached hydrogens (tertiary/aromatic N) is 2. The van der Waals surface area contributed by atoms with Crippen LogP contribution in [-0.4, -0.2) is 37.6 Å². The molecule has 0 unspecified atom stereocenters. The molecule has 5 aromatic rings. The average molecular weight is 789 g/mol. The Morgan fingerprint density at radius 1 is 0.517 bits per heavy atom. The van der Waals surface area contributed by atoms with Crippen LogP contribution in [0.5, 0.6) is 23.0 Å². The number of ether oxygens (including phenoxy) is 4. The third kappa shape index (κ3) is 14.1. The summed E-state index contributed by atoms with van der Waals surface area (Å²) in [4.78, 5) is 34.4. The quantitative estimate of drug-likeness (QED) is 0.0300. The molecule has 0 spiro atoms. The Kier molecular flexibility index (Phi) is 17.2. The molecule has 0 bridgehead atoms. The van der Waals surface area contributed by atoms with Gasteiger partial charge < -0.3 is 18.9 Å². The maximum atomic E-state index is 14.6. The molecule has 0 radical (unpaired) electrons. The lowest BCUT2D eigenvalue weighted by Crippen LogP contribution is -2.09. The summed E-state index contributed by atoms with van der Waals surface area (Å²) in [6, 6.07) is 29.1. The predicted molar refractivity (Wildman–Crippen MR) is 225 cm³/mol. The van der Waals surface area contributed by atoms with Crippen LogP contribution in [0.2, 0.25) is 0 Å². The van der Waals surface area contributed by atoms with E-state index in [1.165, 1.54) is 37.1 Å². The van der Waals surface area contributed by atoms with Crippen molar-refractivity contribution in [2.75, 3.05) is 13.2 Å². The van der Waals surface area contributed by atoms with Crippen LogP contribution in [0.3, 0.4) is 0 Å². The number of benzene rings is 5. The molecule has 0 heterocycles. The van der Waals surface area contributed by atoms with Crippen LogP contribution in [0.25, 0.3) is 0 Å². The zero-order valence-corrected chi connectivity index (χ0v) is 33.1. The van der Waals surface area contributed by atoms with Gasteiger partial charge in [-0.1, -0.05) is 83.4 Å². The molecule has 0 aliphatic rings. The van der Waals surface area contributed by atoms with Gasteiger partial charge in [0.1, 0.15) is 11.5 Å². The normalized spacial score (nSPS) is 11.2. The SMILES string of the molecule is CCCCCCCOc1ccc(C(=O)Oc2ccc(N=Cc3cccc(C=Nc4ccc(OC(=O)c5ccc(OCCCCCCC)c(F)c5)cc4)c3)cc2)cc1F. The van der Waals surface area contributed by atoms with Crippen molar-refractivity contribution in [2.24, 2.45) is 9.98 Å². The number of esters is 2. The maximum Gasteiger partial charge on any atom is 0.343 e. The highest BCUT2D eigenvalue weighted by molar-refractivity contribution is 5.92. The van der Waals surface area contributed by atoms with Gasteiger partial charge in [-0.15, -0.1) is 0 Å². The lowest BCUT2D eigenvalue weighted by Gasteiger charge is -2.09. The Morgan fingerprint density at radius 2 is 0.931 bits per heavy atom. The molecule has 5 rings (SSSR count). The zero-order chi connectivity index (χ0) is 41.0. The minimum absolute atomic E-state index is 0.0851. The summed E-state index contributed by atoms with van der Waals surface area (Å²) in [5.74, 6) is -1.73. The van der Waals surface area contributed by atoms with Gasteiger partial charge in [-0.2, -0.15) is 0 Å². The molecule has 0 aliphatic heterocycles. The van der Waals surface area contributed by atoms with Gasteiger partial charge in [0.2, 0.25) is 0 Å². The van der Waals surface area contributed by atoms with Gasteiger partial charge in [-0.05, 0) is 115 Å². The predicted octanol–water partition coefficient (Wildman–Crippen LogP) is 12.6. The highest BCUT2D eigenvalue weighted by atomic mass is 19.1. The smallest absolute Gasteiger partial charge is 0.343 e. The van der Waals surface area contributed by atoms with E-state index in [-0.39, 0.29) is 22.6 Å². The van der Waals surface area contributed by atoms with Crippen molar-refractivity contribution < 1.29 is 37.3 Å². The van der Waals surface area contributed by atoms with Gasteiger partial charge in [0.15, 0.2) is 23.1 Å². The van der Waals surface area contributed by atoms with Gasteiger partial charge in [0.25, 0.3) is 0 Å². The molecular formula is C48H50F2N2O6. The van der Waals surface area contributed by atoms with E-state index in [0.29, 0.717) is 36.1 Å². The third-order valence-corrected chi connectivity index (χ3v) is 9.08. The standard InChI is InChI=1S/C48H50F2N2O6/c1-3-5-7-9-11-28-55-45-26-16-37(31-43(45)49)47(53)57-41-22-18-39(19-23-41)51-33-35-14-13-15-36(30-35)34-52-40-20-24-42(25-21-40)58-48(54)38-17-27-46(44(50)32-38)56-29-12-10-8-6-4-2/h13-27,30-34H,3-12,28-29H2,1-2H3. The molecule has 0 aliphatic carbocycles. The van der Waals surface area contributed by atoms with Crippen molar-refractivity contribution in [2.45, 2.75) is 78.1 Å². The number of hydrogen-bond acceptors (Lipinski definition) is 8. The van der Waals surface area contributed by atoms with Crippen molar-refractivity contribution in [1.29, 1.82) is 0 Å².